The van der Waals surface area contributed by atoms with E-state index in [1.807, 2.05) is 36.4 Å². The van der Waals surface area contributed by atoms with Gasteiger partial charge in [0.25, 0.3) is 0 Å². The van der Waals surface area contributed by atoms with E-state index in [2.05, 4.69) is 61.7 Å². The Kier molecular flexibility index (Phi) is 9.09. The average Bonchev–Trinajstić information content (AvgIpc) is 2.97. The third-order valence-corrected chi connectivity index (χ3v) is 6.05. The van der Waals surface area contributed by atoms with Gasteiger partial charge in [-0.15, -0.1) is 0 Å². The molecule has 0 heterocycles. The summed E-state index contributed by atoms with van der Waals surface area (Å²) >= 11 is 0. The van der Waals surface area contributed by atoms with Gasteiger partial charge in [0.05, 0.1) is 6.61 Å². The maximum atomic E-state index is 11.5. The van der Waals surface area contributed by atoms with Crippen molar-refractivity contribution in [2.24, 2.45) is 0 Å². The van der Waals surface area contributed by atoms with E-state index >= 15 is 0 Å². The fourth-order valence-electron chi connectivity index (χ4n) is 3.83. The minimum atomic E-state index is -0.481. The summed E-state index contributed by atoms with van der Waals surface area (Å²) in [5.41, 5.74) is 6.87. The molecule has 0 amide bonds. The van der Waals surface area contributed by atoms with Crippen molar-refractivity contribution in [1.29, 1.82) is 0 Å². The lowest BCUT2D eigenvalue weighted by atomic mass is 10.0. The predicted octanol–water partition coefficient (Wildman–Crippen LogP) is 7.35. The van der Waals surface area contributed by atoms with Crippen molar-refractivity contribution in [3.8, 4) is 33.8 Å². The third kappa shape index (κ3) is 7.79. The van der Waals surface area contributed by atoms with E-state index in [1.54, 1.807) is 19.1 Å². The molecule has 0 aromatic heterocycles. The molecule has 0 unspecified atom stereocenters. The molecule has 0 spiro atoms. The van der Waals surface area contributed by atoms with Crippen LogP contribution in [0.2, 0.25) is 0 Å². The zero-order valence-electron chi connectivity index (χ0n) is 21.9. The Morgan fingerprint density at radius 3 is 1.64 bits per heavy atom. The standard InChI is InChI=1S/C34H30O5/c1-4-33(35)39-32-19-15-30(16-20-32)29-13-17-31(18-14-29)38-23-26-7-11-28(12-8-26)27-9-5-25(6-10-27)21-22-37-34(36)24(2)3/h4-20H,1-2,21-23H2,3H3. The minimum Gasteiger partial charge on any atom is -0.489 e. The normalized spacial score (nSPS) is 10.4. The van der Waals surface area contributed by atoms with Gasteiger partial charge in [0.1, 0.15) is 18.1 Å². The van der Waals surface area contributed by atoms with Crippen molar-refractivity contribution in [1.82, 2.24) is 0 Å². The van der Waals surface area contributed by atoms with Crippen molar-refractivity contribution < 1.29 is 23.8 Å². The molecule has 5 heteroatoms. The highest BCUT2D eigenvalue weighted by atomic mass is 16.5. The molecular weight excluding hydrogens is 488 g/mol. The second kappa shape index (κ2) is 13.1. The van der Waals surface area contributed by atoms with Crippen LogP contribution in [0.3, 0.4) is 0 Å². The Morgan fingerprint density at radius 2 is 1.15 bits per heavy atom. The maximum absolute atomic E-state index is 11.5. The van der Waals surface area contributed by atoms with Crippen molar-refractivity contribution >= 4 is 11.9 Å². The molecule has 0 saturated carbocycles. The molecule has 0 bridgehead atoms. The number of ether oxygens (including phenoxy) is 3. The SMILES string of the molecule is C=CC(=O)Oc1ccc(-c2ccc(OCc3ccc(-c4ccc(CCOC(=O)C(=C)C)cc4)cc3)cc2)cc1. The van der Waals surface area contributed by atoms with Crippen molar-refractivity contribution in [3.63, 3.8) is 0 Å². The number of esters is 2. The van der Waals surface area contributed by atoms with E-state index < -0.39 is 5.97 Å². The number of carbonyl (C=O) groups is 2. The summed E-state index contributed by atoms with van der Waals surface area (Å²) in [6.45, 7) is 9.43. The van der Waals surface area contributed by atoms with Crippen molar-refractivity contribution in [2.45, 2.75) is 20.0 Å². The first kappa shape index (κ1) is 27.1. The summed E-state index contributed by atoms with van der Waals surface area (Å²) in [6.07, 6.45) is 1.80. The van der Waals surface area contributed by atoms with Crippen LogP contribution in [0.1, 0.15) is 18.1 Å². The van der Waals surface area contributed by atoms with Gasteiger partial charge >= 0.3 is 11.9 Å². The van der Waals surface area contributed by atoms with Gasteiger partial charge in [0.2, 0.25) is 0 Å². The highest BCUT2D eigenvalue weighted by Gasteiger charge is 2.05. The van der Waals surface area contributed by atoms with E-state index in [9.17, 15) is 9.59 Å². The maximum Gasteiger partial charge on any atom is 0.335 e. The van der Waals surface area contributed by atoms with Crippen molar-refractivity contribution in [3.05, 3.63) is 133 Å². The van der Waals surface area contributed by atoms with Gasteiger partial charge in [-0.3, -0.25) is 0 Å². The summed E-state index contributed by atoms with van der Waals surface area (Å²) < 4.78 is 16.3. The smallest absolute Gasteiger partial charge is 0.335 e. The highest BCUT2D eigenvalue weighted by molar-refractivity contribution is 5.87. The van der Waals surface area contributed by atoms with Crippen LogP contribution in [0.15, 0.2) is 122 Å². The molecule has 0 aliphatic carbocycles. The van der Waals surface area contributed by atoms with Crippen LogP contribution in [0.5, 0.6) is 11.5 Å². The fourth-order valence-corrected chi connectivity index (χ4v) is 3.83. The monoisotopic (exact) mass is 518 g/mol. The van der Waals surface area contributed by atoms with Gasteiger partial charge in [-0.05, 0) is 64.6 Å². The van der Waals surface area contributed by atoms with Gasteiger partial charge in [0.15, 0.2) is 0 Å². The molecular formula is C34H30O5. The highest BCUT2D eigenvalue weighted by Crippen LogP contribution is 2.26. The van der Waals surface area contributed by atoms with Crippen LogP contribution in [0.4, 0.5) is 0 Å². The topological polar surface area (TPSA) is 61.8 Å². The number of benzene rings is 4. The molecule has 196 valence electrons. The Hall–Kier alpha value is -4.90. The Balaban J connectivity index is 1.27. The molecule has 4 aromatic carbocycles. The van der Waals surface area contributed by atoms with Crippen LogP contribution in [0.25, 0.3) is 22.3 Å². The molecule has 0 aliphatic heterocycles. The van der Waals surface area contributed by atoms with E-state index in [4.69, 9.17) is 14.2 Å². The lowest BCUT2D eigenvalue weighted by Crippen LogP contribution is -2.07. The summed E-state index contributed by atoms with van der Waals surface area (Å²) in [6, 6.07) is 31.7. The van der Waals surface area contributed by atoms with Crippen LogP contribution in [0, 0.1) is 0 Å². The predicted molar refractivity (Wildman–Crippen MR) is 153 cm³/mol. The van der Waals surface area contributed by atoms with Crippen LogP contribution in [-0.4, -0.2) is 18.5 Å². The third-order valence-electron chi connectivity index (χ3n) is 6.05. The largest absolute Gasteiger partial charge is 0.489 e. The fraction of sp³-hybridized carbons (Fsp3) is 0.118. The number of hydrogen-bond donors (Lipinski definition) is 0. The van der Waals surface area contributed by atoms with Gasteiger partial charge in [-0.25, -0.2) is 9.59 Å². The second-order valence-corrected chi connectivity index (χ2v) is 9.02. The second-order valence-electron chi connectivity index (χ2n) is 9.02. The zero-order valence-corrected chi connectivity index (χ0v) is 21.9. The van der Waals surface area contributed by atoms with E-state index in [-0.39, 0.29) is 5.97 Å². The number of hydrogen-bond acceptors (Lipinski definition) is 5. The van der Waals surface area contributed by atoms with Crippen LogP contribution < -0.4 is 9.47 Å². The van der Waals surface area contributed by atoms with Crippen LogP contribution in [-0.2, 0) is 27.4 Å². The number of carbonyl (C=O) groups excluding carboxylic acids is 2. The molecule has 4 aromatic rings. The summed E-state index contributed by atoms with van der Waals surface area (Å²) in [5.74, 6) is 0.421. The lowest BCUT2D eigenvalue weighted by Gasteiger charge is -2.09. The molecule has 0 radical (unpaired) electrons. The molecule has 5 nitrogen and oxygen atoms in total. The van der Waals surface area contributed by atoms with E-state index in [0.717, 1.165) is 45.2 Å². The first-order chi connectivity index (χ1) is 18.9. The Morgan fingerprint density at radius 1 is 0.692 bits per heavy atom. The first-order valence-electron chi connectivity index (χ1n) is 12.6. The minimum absolute atomic E-state index is 0.338. The molecule has 0 N–H and O–H groups in total. The molecule has 0 aliphatic rings. The zero-order chi connectivity index (χ0) is 27.6. The molecule has 39 heavy (non-hydrogen) atoms. The van der Waals surface area contributed by atoms with E-state index in [0.29, 0.717) is 31.0 Å². The van der Waals surface area contributed by atoms with E-state index in [1.165, 1.54) is 0 Å². The van der Waals surface area contributed by atoms with Gasteiger partial charge in [0, 0.05) is 18.1 Å². The summed E-state index contributed by atoms with van der Waals surface area (Å²) in [7, 11) is 0. The van der Waals surface area contributed by atoms with Crippen LogP contribution >= 0.6 is 0 Å². The molecule has 4 rings (SSSR count). The Bertz CT molecular complexity index is 1430. The molecule has 0 atom stereocenters. The van der Waals surface area contributed by atoms with Gasteiger partial charge < -0.3 is 14.2 Å². The summed E-state index contributed by atoms with van der Waals surface area (Å²) in [5, 5.41) is 0. The first-order valence-corrected chi connectivity index (χ1v) is 12.6. The van der Waals surface area contributed by atoms with Crippen molar-refractivity contribution in [2.75, 3.05) is 6.61 Å². The summed E-state index contributed by atoms with van der Waals surface area (Å²) in [4.78, 5) is 22.8. The quantitative estimate of drug-likeness (QED) is 0.118. The van der Waals surface area contributed by atoms with Gasteiger partial charge in [-0.1, -0.05) is 86.0 Å². The van der Waals surface area contributed by atoms with Gasteiger partial charge in [-0.2, -0.15) is 0 Å². The average molecular weight is 519 g/mol. The number of rotatable bonds is 11. The Labute approximate surface area is 229 Å². The lowest BCUT2D eigenvalue weighted by molar-refractivity contribution is -0.138. The molecule has 0 fully saturated rings. The molecule has 0 saturated heterocycles.